The van der Waals surface area contributed by atoms with Crippen LogP contribution in [0, 0.1) is 20.8 Å². The number of rotatable bonds is 6. The van der Waals surface area contributed by atoms with Crippen LogP contribution in [0.15, 0.2) is 59.0 Å². The maximum absolute atomic E-state index is 12.5. The molecule has 0 unspecified atom stereocenters. The summed E-state index contributed by atoms with van der Waals surface area (Å²) in [7, 11) is 0. The van der Waals surface area contributed by atoms with E-state index in [0.717, 1.165) is 39.1 Å². The molecule has 1 N–H and O–H groups in total. The van der Waals surface area contributed by atoms with Gasteiger partial charge in [-0.3, -0.25) is 4.79 Å². The average Bonchev–Trinajstić information content (AvgIpc) is 3.19. The van der Waals surface area contributed by atoms with Crippen LogP contribution in [0.4, 0.5) is 5.69 Å². The summed E-state index contributed by atoms with van der Waals surface area (Å²) in [4.78, 5) is 17.2. The fourth-order valence-corrected chi connectivity index (χ4v) is 3.53. The Bertz CT molecular complexity index is 1290. The molecule has 0 aliphatic rings. The van der Waals surface area contributed by atoms with Crippen molar-refractivity contribution in [2.24, 2.45) is 0 Å². The van der Waals surface area contributed by atoms with Gasteiger partial charge in [0.1, 0.15) is 11.3 Å². The number of anilines is 1. The van der Waals surface area contributed by atoms with Gasteiger partial charge in [0.05, 0.1) is 0 Å². The minimum Gasteiger partial charge on any atom is -0.483 e. The lowest BCUT2D eigenvalue weighted by molar-refractivity contribution is -0.118. The highest BCUT2D eigenvalue weighted by molar-refractivity contribution is 5.93. The molecule has 0 radical (unpaired) electrons. The van der Waals surface area contributed by atoms with Gasteiger partial charge >= 0.3 is 0 Å². The molecule has 0 fully saturated rings. The largest absolute Gasteiger partial charge is 0.483 e. The number of hydrogen-bond donors (Lipinski definition) is 1. The Morgan fingerprint density at radius 2 is 1.84 bits per heavy atom. The Hall–Kier alpha value is -3.60. The fraction of sp³-hybridized carbons (Fsp3) is 0.259. The summed E-state index contributed by atoms with van der Waals surface area (Å²) in [6.07, 6.45) is 0. The van der Waals surface area contributed by atoms with E-state index in [-0.39, 0.29) is 12.5 Å². The molecule has 4 aromatic rings. The zero-order valence-corrected chi connectivity index (χ0v) is 19.2. The lowest BCUT2D eigenvalue weighted by Crippen LogP contribution is -2.21. The molecule has 0 saturated carbocycles. The normalized spacial score (nSPS) is 11.2. The van der Waals surface area contributed by atoms with Crippen LogP contribution in [0.3, 0.4) is 0 Å². The second-order valence-corrected chi connectivity index (χ2v) is 8.47. The van der Waals surface area contributed by atoms with Gasteiger partial charge in [-0.05, 0) is 79.3 Å². The molecule has 1 amide bonds. The molecule has 0 atom stereocenters. The maximum Gasteiger partial charge on any atom is 0.262 e. The second kappa shape index (κ2) is 8.87. The Morgan fingerprint density at radius 1 is 1.03 bits per heavy atom. The van der Waals surface area contributed by atoms with Crippen LogP contribution in [0.25, 0.3) is 22.6 Å². The summed E-state index contributed by atoms with van der Waals surface area (Å²) in [6.45, 7) is 10.2. The minimum absolute atomic E-state index is 0.0607. The molecule has 5 nitrogen and oxygen atoms in total. The molecular weight excluding hydrogens is 400 g/mol. The summed E-state index contributed by atoms with van der Waals surface area (Å²) in [5, 5.41) is 2.95. The third-order valence-electron chi connectivity index (χ3n) is 5.75. The highest BCUT2D eigenvalue weighted by atomic mass is 16.5. The van der Waals surface area contributed by atoms with Gasteiger partial charge in [-0.2, -0.15) is 0 Å². The molecule has 0 aliphatic heterocycles. The number of amides is 1. The Morgan fingerprint density at radius 3 is 2.62 bits per heavy atom. The zero-order chi connectivity index (χ0) is 22.8. The minimum atomic E-state index is -0.217. The van der Waals surface area contributed by atoms with Gasteiger partial charge in [-0.1, -0.05) is 38.1 Å². The van der Waals surface area contributed by atoms with E-state index in [0.29, 0.717) is 17.5 Å². The number of hydrogen-bond acceptors (Lipinski definition) is 4. The third kappa shape index (κ3) is 4.52. The van der Waals surface area contributed by atoms with Crippen LogP contribution in [-0.2, 0) is 4.79 Å². The molecule has 164 valence electrons. The number of fused-ring (bicyclic) bond motifs is 1. The maximum atomic E-state index is 12.5. The number of carbonyl (C=O) groups is 1. The van der Waals surface area contributed by atoms with E-state index in [4.69, 9.17) is 9.15 Å². The number of nitrogens with one attached hydrogen (secondary N) is 1. The number of benzene rings is 3. The van der Waals surface area contributed by atoms with Crippen molar-refractivity contribution in [2.45, 2.75) is 40.5 Å². The van der Waals surface area contributed by atoms with Gasteiger partial charge in [0, 0.05) is 11.3 Å². The summed E-state index contributed by atoms with van der Waals surface area (Å²) in [5.41, 5.74) is 7.44. The highest BCUT2D eigenvalue weighted by Gasteiger charge is 2.13. The molecular formula is C27H28N2O3. The lowest BCUT2D eigenvalue weighted by atomic mass is 10.0. The topological polar surface area (TPSA) is 64.4 Å². The average molecular weight is 429 g/mol. The number of ether oxygens (including phenoxy) is 1. The first-order chi connectivity index (χ1) is 15.3. The zero-order valence-electron chi connectivity index (χ0n) is 19.2. The molecule has 0 spiro atoms. The van der Waals surface area contributed by atoms with Crippen molar-refractivity contribution in [3.8, 4) is 17.2 Å². The first-order valence-corrected chi connectivity index (χ1v) is 10.8. The highest BCUT2D eigenvalue weighted by Crippen LogP contribution is 2.29. The van der Waals surface area contributed by atoms with E-state index in [2.05, 4.69) is 36.3 Å². The van der Waals surface area contributed by atoms with Crippen molar-refractivity contribution in [1.82, 2.24) is 4.98 Å². The van der Waals surface area contributed by atoms with Crippen molar-refractivity contribution in [3.05, 3.63) is 76.9 Å². The molecule has 4 rings (SSSR count). The van der Waals surface area contributed by atoms with Crippen LogP contribution in [-0.4, -0.2) is 17.5 Å². The van der Waals surface area contributed by atoms with Crippen molar-refractivity contribution in [3.63, 3.8) is 0 Å². The molecule has 1 heterocycles. The lowest BCUT2D eigenvalue weighted by Gasteiger charge is -2.12. The quantitative estimate of drug-likeness (QED) is 0.378. The van der Waals surface area contributed by atoms with Gasteiger partial charge in [-0.25, -0.2) is 4.98 Å². The Balaban J connectivity index is 1.52. The summed E-state index contributed by atoms with van der Waals surface area (Å²) < 4.78 is 11.7. The summed E-state index contributed by atoms with van der Waals surface area (Å²) in [5.74, 6) is 1.46. The fourth-order valence-electron chi connectivity index (χ4n) is 3.53. The predicted molar refractivity (Wildman–Crippen MR) is 128 cm³/mol. The van der Waals surface area contributed by atoms with Crippen LogP contribution in [0.1, 0.15) is 42.0 Å². The molecule has 0 saturated heterocycles. The standard InChI is InChI=1S/C27H28N2O3/c1-16(2)20-11-12-25-23(13-20)29-27(32-25)21-10-9-18(4)22(14-21)28-26(30)15-31-24-8-6-7-17(3)19(24)5/h6-14,16H,15H2,1-5H3,(H,28,30). The van der Waals surface area contributed by atoms with Crippen LogP contribution in [0.2, 0.25) is 0 Å². The van der Waals surface area contributed by atoms with E-state index >= 15 is 0 Å². The summed E-state index contributed by atoms with van der Waals surface area (Å²) >= 11 is 0. The second-order valence-electron chi connectivity index (χ2n) is 8.47. The predicted octanol–water partition coefficient (Wildman–Crippen LogP) is 6.56. The van der Waals surface area contributed by atoms with Crippen LogP contribution in [0.5, 0.6) is 5.75 Å². The Kier molecular flexibility index (Phi) is 5.99. The molecule has 3 aromatic carbocycles. The van der Waals surface area contributed by atoms with E-state index in [1.165, 1.54) is 5.56 Å². The van der Waals surface area contributed by atoms with Gasteiger partial charge in [-0.15, -0.1) is 0 Å². The molecule has 0 bridgehead atoms. The van der Waals surface area contributed by atoms with Crippen LogP contribution < -0.4 is 10.1 Å². The smallest absolute Gasteiger partial charge is 0.262 e. The SMILES string of the molecule is Cc1ccc(-c2nc3cc(C(C)C)ccc3o2)cc1NC(=O)COc1cccc(C)c1C. The molecule has 0 aliphatic carbocycles. The molecule has 5 heteroatoms. The van der Waals surface area contributed by atoms with Gasteiger partial charge < -0.3 is 14.5 Å². The third-order valence-corrected chi connectivity index (χ3v) is 5.75. The first-order valence-electron chi connectivity index (χ1n) is 10.8. The van der Waals surface area contributed by atoms with Gasteiger partial charge in [0.15, 0.2) is 12.2 Å². The van der Waals surface area contributed by atoms with E-state index in [1.54, 1.807) is 0 Å². The van der Waals surface area contributed by atoms with E-state index in [9.17, 15) is 4.79 Å². The van der Waals surface area contributed by atoms with Crippen molar-refractivity contribution in [1.29, 1.82) is 0 Å². The van der Waals surface area contributed by atoms with Gasteiger partial charge in [0.2, 0.25) is 5.89 Å². The Labute approximate surface area is 188 Å². The van der Waals surface area contributed by atoms with Gasteiger partial charge in [0.25, 0.3) is 5.91 Å². The van der Waals surface area contributed by atoms with E-state index < -0.39 is 0 Å². The number of carbonyl (C=O) groups excluding carboxylic acids is 1. The summed E-state index contributed by atoms with van der Waals surface area (Å²) in [6, 6.07) is 17.7. The van der Waals surface area contributed by atoms with Crippen molar-refractivity contribution >= 4 is 22.7 Å². The number of aromatic nitrogens is 1. The monoisotopic (exact) mass is 428 g/mol. The number of aryl methyl sites for hydroxylation is 2. The molecule has 32 heavy (non-hydrogen) atoms. The first kappa shape index (κ1) is 21.6. The van der Waals surface area contributed by atoms with Crippen LogP contribution >= 0.6 is 0 Å². The number of nitrogens with zero attached hydrogens (tertiary/aromatic N) is 1. The number of oxazole rings is 1. The van der Waals surface area contributed by atoms with Crippen molar-refractivity contribution in [2.75, 3.05) is 11.9 Å². The van der Waals surface area contributed by atoms with Crippen molar-refractivity contribution < 1.29 is 13.9 Å². The molecule has 1 aromatic heterocycles. The van der Waals surface area contributed by atoms with E-state index in [1.807, 2.05) is 63.2 Å².